The molecular formula is C32H36Cl2F2N5O4S2+. The zero-order valence-corrected chi connectivity index (χ0v) is 29.8. The Morgan fingerprint density at radius 1 is 1.06 bits per heavy atom. The van der Waals surface area contributed by atoms with Crippen molar-refractivity contribution in [1.29, 1.82) is 0 Å². The van der Waals surface area contributed by atoms with Gasteiger partial charge in [0, 0.05) is 33.4 Å². The predicted octanol–water partition coefficient (Wildman–Crippen LogP) is 6.17. The molecule has 0 atom stereocenters. The highest BCUT2D eigenvalue weighted by Crippen LogP contribution is 2.39. The summed E-state index contributed by atoms with van der Waals surface area (Å²) < 4.78 is 61.4. The molecule has 1 amide bonds. The van der Waals surface area contributed by atoms with E-state index >= 15 is 4.39 Å². The van der Waals surface area contributed by atoms with Crippen LogP contribution in [0.5, 0.6) is 5.75 Å². The Bertz CT molecular complexity index is 1910. The van der Waals surface area contributed by atoms with Crippen LogP contribution in [0.15, 0.2) is 64.8 Å². The van der Waals surface area contributed by atoms with Crippen LogP contribution in [0.25, 0.3) is 5.69 Å². The van der Waals surface area contributed by atoms with E-state index in [1.54, 1.807) is 22.9 Å². The number of rotatable bonds is 12. The van der Waals surface area contributed by atoms with Crippen molar-refractivity contribution in [3.63, 3.8) is 0 Å². The molecule has 3 N–H and O–H groups in total. The van der Waals surface area contributed by atoms with Crippen molar-refractivity contribution in [1.82, 2.24) is 14.9 Å². The molecule has 9 nitrogen and oxygen atoms in total. The summed E-state index contributed by atoms with van der Waals surface area (Å²) in [6.45, 7) is 4.88. The fourth-order valence-corrected chi connectivity index (χ4v) is 7.27. The number of nitrogens with two attached hydrogens (primary N) is 1. The Hall–Kier alpha value is -3.20. The Labute approximate surface area is 287 Å². The number of primary sulfonamides is 1. The lowest BCUT2D eigenvalue weighted by Gasteiger charge is -2.28. The molecule has 0 aliphatic rings. The summed E-state index contributed by atoms with van der Waals surface area (Å²) in [5.41, 5.74) is 1.23. The number of methoxy groups -OCH3 is 1. The first-order chi connectivity index (χ1) is 21.8. The van der Waals surface area contributed by atoms with E-state index in [1.807, 2.05) is 35.0 Å². The van der Waals surface area contributed by atoms with Crippen LogP contribution in [0, 0.1) is 11.6 Å². The molecule has 252 valence electrons. The van der Waals surface area contributed by atoms with Crippen molar-refractivity contribution in [3.05, 3.63) is 98.8 Å². The number of halogens is 4. The number of nitrogens with one attached hydrogen (secondary N) is 1. The van der Waals surface area contributed by atoms with Crippen LogP contribution in [0.4, 0.5) is 8.78 Å². The number of likely N-dealkylation sites (N-methyl/N-ethyl adjacent to an activating group) is 1. The molecule has 4 aromatic rings. The summed E-state index contributed by atoms with van der Waals surface area (Å²) in [6.07, 6.45) is 1.63. The minimum atomic E-state index is -4.04. The largest absolute Gasteiger partial charge is 0.494 e. The smallest absolute Gasteiger partial charge is 0.251 e. The summed E-state index contributed by atoms with van der Waals surface area (Å²) in [6, 6.07) is 11.4. The van der Waals surface area contributed by atoms with Gasteiger partial charge in [0.25, 0.3) is 5.91 Å². The van der Waals surface area contributed by atoms with Gasteiger partial charge >= 0.3 is 0 Å². The highest BCUT2D eigenvalue weighted by Gasteiger charge is 2.31. The Balaban J connectivity index is 1.71. The molecule has 15 heteroatoms. The first-order valence-electron chi connectivity index (χ1n) is 14.3. The van der Waals surface area contributed by atoms with Gasteiger partial charge in [-0.25, -0.2) is 27.3 Å². The van der Waals surface area contributed by atoms with Gasteiger partial charge in [-0.2, -0.15) is 0 Å². The first kappa shape index (κ1) is 36.6. The van der Waals surface area contributed by atoms with Crippen molar-refractivity contribution in [3.8, 4) is 11.4 Å². The summed E-state index contributed by atoms with van der Waals surface area (Å²) in [5, 5.41) is 8.56. The Kier molecular flexibility index (Phi) is 11.0. The topological polar surface area (TPSA) is 116 Å². The summed E-state index contributed by atoms with van der Waals surface area (Å²) in [5.74, 6) is -1.58. The van der Waals surface area contributed by atoms with Crippen LogP contribution in [-0.4, -0.2) is 69.7 Å². The van der Waals surface area contributed by atoms with Gasteiger partial charge in [-0.15, -0.1) is 0 Å². The number of nitrogens with zero attached hydrogens (tertiary/aromatic N) is 3. The van der Waals surface area contributed by atoms with E-state index in [0.29, 0.717) is 39.7 Å². The van der Waals surface area contributed by atoms with Crippen LogP contribution in [0.3, 0.4) is 0 Å². The zero-order valence-electron chi connectivity index (χ0n) is 26.7. The molecule has 0 bridgehead atoms. The average Bonchev–Trinajstić information content (AvgIpc) is 3.40. The van der Waals surface area contributed by atoms with Gasteiger partial charge < -0.3 is 14.5 Å². The molecular weight excluding hydrogens is 691 g/mol. The molecule has 47 heavy (non-hydrogen) atoms. The van der Waals surface area contributed by atoms with Gasteiger partial charge in [-0.1, -0.05) is 54.9 Å². The second-order valence-corrected chi connectivity index (χ2v) is 15.7. The summed E-state index contributed by atoms with van der Waals surface area (Å²) >= 11 is 14.0. The highest BCUT2D eigenvalue weighted by molar-refractivity contribution is 7.98. The molecule has 4 rings (SSSR count). The van der Waals surface area contributed by atoms with Gasteiger partial charge in [0.05, 0.1) is 63.9 Å². The first-order valence-corrected chi connectivity index (χ1v) is 17.6. The normalized spacial score (nSPS) is 12.3. The number of aromatic nitrogens is 2. The van der Waals surface area contributed by atoms with E-state index in [0.717, 1.165) is 6.07 Å². The minimum Gasteiger partial charge on any atom is -0.494 e. The zero-order chi connectivity index (χ0) is 34.9. The van der Waals surface area contributed by atoms with Crippen LogP contribution in [0.2, 0.25) is 10.0 Å². The van der Waals surface area contributed by atoms with Crippen LogP contribution >= 0.6 is 35.0 Å². The van der Waals surface area contributed by atoms with Crippen molar-refractivity contribution >= 4 is 50.9 Å². The number of amides is 1. The monoisotopic (exact) mass is 726 g/mol. The Morgan fingerprint density at radius 3 is 2.36 bits per heavy atom. The van der Waals surface area contributed by atoms with Crippen LogP contribution in [-0.2, 0) is 21.2 Å². The van der Waals surface area contributed by atoms with Gasteiger partial charge in [-0.3, -0.25) is 9.36 Å². The van der Waals surface area contributed by atoms with Gasteiger partial charge in [-0.05, 0) is 42.0 Å². The van der Waals surface area contributed by atoms with Crippen molar-refractivity contribution in [2.45, 2.75) is 35.1 Å². The van der Waals surface area contributed by atoms with Gasteiger partial charge in [0.2, 0.25) is 10.0 Å². The predicted molar refractivity (Wildman–Crippen MR) is 181 cm³/mol. The van der Waals surface area contributed by atoms with Crippen LogP contribution in [0.1, 0.15) is 41.0 Å². The van der Waals surface area contributed by atoms with Crippen molar-refractivity contribution in [2.75, 3.05) is 41.3 Å². The molecule has 0 aliphatic carbocycles. The number of hydrogen-bond acceptors (Lipinski definition) is 6. The standard InChI is InChI=1S/C32H35Cl2F2N5O4S2/c1-32(2,20-7-10-28(24(34)15-20)47(37,43)44)29-17-39-31(40(29)21-8-9-25(35)27(16-21)45-6)46-18-22-23(33)13-19(14-26(22)36)30(42)38-11-12-41(3,4)5/h7-10,13-17H,11-12,18H2,1-6H3,(H2-,37,38,42,43,44)/p+1. The number of imidazole rings is 1. The molecule has 0 saturated carbocycles. The molecule has 0 radical (unpaired) electrons. The Morgan fingerprint density at radius 2 is 1.77 bits per heavy atom. The molecule has 0 aliphatic heterocycles. The molecule has 1 heterocycles. The quantitative estimate of drug-likeness (QED) is 0.133. The minimum absolute atomic E-state index is 0.000792. The SMILES string of the molecule is COc1cc(-n2c(C(C)(C)c3ccc(S(N)(=O)=O)c(Cl)c3)cnc2SCc2c(F)cc(C(=O)NCC[N+](C)(C)C)cc2Cl)ccc1F. The van der Waals surface area contributed by atoms with E-state index in [2.05, 4.69) is 10.3 Å². The second-order valence-electron chi connectivity index (χ2n) is 12.4. The maximum Gasteiger partial charge on any atom is 0.251 e. The average molecular weight is 728 g/mol. The molecule has 0 saturated heterocycles. The van der Waals surface area contributed by atoms with E-state index < -0.39 is 33.0 Å². The third kappa shape index (κ3) is 8.45. The van der Waals surface area contributed by atoms with Gasteiger partial charge in [0.15, 0.2) is 16.7 Å². The van der Waals surface area contributed by atoms with Crippen molar-refractivity contribution < 1.29 is 31.2 Å². The maximum atomic E-state index is 15.4. The molecule has 0 spiro atoms. The number of carbonyl (C=O) groups is 1. The molecule has 1 aromatic heterocycles. The van der Waals surface area contributed by atoms with E-state index in [4.69, 9.17) is 33.1 Å². The third-order valence-electron chi connectivity index (χ3n) is 7.54. The number of sulfonamides is 1. The lowest BCUT2D eigenvalue weighted by atomic mass is 9.81. The fraction of sp³-hybridized carbons (Fsp3) is 0.312. The lowest BCUT2D eigenvalue weighted by molar-refractivity contribution is -0.869. The number of thioether (sulfide) groups is 1. The number of carbonyl (C=O) groups excluding carboxylic acids is 1. The third-order valence-corrected chi connectivity index (χ3v) is 10.3. The highest BCUT2D eigenvalue weighted by atomic mass is 35.5. The molecule has 3 aromatic carbocycles. The molecule has 0 unspecified atom stereocenters. The van der Waals surface area contributed by atoms with Gasteiger partial charge in [0.1, 0.15) is 10.7 Å². The number of hydrogen-bond donors (Lipinski definition) is 2. The number of quaternary nitrogens is 1. The molecule has 0 fully saturated rings. The van der Waals surface area contributed by atoms with Crippen molar-refractivity contribution in [2.24, 2.45) is 5.14 Å². The van der Waals surface area contributed by atoms with E-state index in [1.165, 1.54) is 49.2 Å². The summed E-state index contributed by atoms with van der Waals surface area (Å²) in [4.78, 5) is 17.1. The number of ether oxygens (including phenoxy) is 1. The number of benzene rings is 3. The fourth-order valence-electron chi connectivity index (χ4n) is 4.80. The van der Waals surface area contributed by atoms with E-state index in [-0.39, 0.29) is 37.6 Å². The lowest BCUT2D eigenvalue weighted by Crippen LogP contribution is -2.41. The summed E-state index contributed by atoms with van der Waals surface area (Å²) in [7, 11) is 3.31. The second kappa shape index (κ2) is 14.1. The van der Waals surface area contributed by atoms with E-state index in [9.17, 15) is 17.6 Å². The van der Waals surface area contributed by atoms with Crippen LogP contribution < -0.4 is 15.2 Å². The maximum absolute atomic E-state index is 15.4.